The van der Waals surface area contributed by atoms with Crippen LogP contribution in [0.2, 0.25) is 0 Å². The van der Waals surface area contributed by atoms with Crippen LogP contribution < -0.4 is 0 Å². The van der Waals surface area contributed by atoms with Crippen molar-refractivity contribution < 1.29 is 4.79 Å². The van der Waals surface area contributed by atoms with E-state index in [0.29, 0.717) is 6.54 Å². The fraction of sp³-hybridized carbons (Fsp3) is 0.500. The maximum atomic E-state index is 9.45. The third kappa shape index (κ3) is 3.34. The molecule has 6 heavy (non-hydrogen) atoms. The number of nitrogens with zero attached hydrogens (tertiary/aromatic N) is 1. The summed E-state index contributed by atoms with van der Waals surface area (Å²) in [6, 6.07) is 0. The third-order valence-corrected chi connectivity index (χ3v) is 0.363. The van der Waals surface area contributed by atoms with Crippen LogP contribution in [0.25, 0.3) is 0 Å². The zero-order valence-electron chi connectivity index (χ0n) is 3.72. The van der Waals surface area contributed by atoms with Crippen molar-refractivity contribution in [1.29, 1.82) is 0 Å². The van der Waals surface area contributed by atoms with Gasteiger partial charge in [0, 0.05) is 0 Å². The second kappa shape index (κ2) is 4.34. The van der Waals surface area contributed by atoms with Gasteiger partial charge in [0.15, 0.2) is 0 Å². The SMILES string of the molecule is CC=NCC=O. The Morgan fingerprint density at radius 1 is 1.83 bits per heavy atom. The first-order valence-electron chi connectivity index (χ1n) is 1.80. The number of aldehydes is 1. The van der Waals surface area contributed by atoms with Gasteiger partial charge in [0.1, 0.15) is 6.29 Å². The molecule has 0 aromatic rings. The van der Waals surface area contributed by atoms with Gasteiger partial charge < -0.3 is 4.79 Å². The minimum Gasteiger partial charge on any atom is -0.301 e. The molecule has 0 aromatic carbocycles. The van der Waals surface area contributed by atoms with E-state index in [1.165, 1.54) is 0 Å². The summed E-state index contributed by atoms with van der Waals surface area (Å²) in [7, 11) is 0. The molecule has 0 unspecified atom stereocenters. The fourth-order valence-corrected chi connectivity index (χ4v) is 0.148. The molecule has 0 amide bonds. The minimum atomic E-state index is 0.302. The number of hydrogen-bond acceptors (Lipinski definition) is 2. The van der Waals surface area contributed by atoms with E-state index < -0.39 is 0 Å². The van der Waals surface area contributed by atoms with Crippen LogP contribution in [0, 0.1) is 0 Å². The summed E-state index contributed by atoms with van der Waals surface area (Å²) in [4.78, 5) is 13.0. The molecule has 0 heterocycles. The number of carbonyl (C=O) groups excluding carboxylic acids is 1. The van der Waals surface area contributed by atoms with Gasteiger partial charge in [-0.2, -0.15) is 0 Å². The van der Waals surface area contributed by atoms with Crippen LogP contribution in [0.3, 0.4) is 0 Å². The van der Waals surface area contributed by atoms with Crippen LogP contribution in [0.4, 0.5) is 0 Å². The topological polar surface area (TPSA) is 29.4 Å². The lowest BCUT2D eigenvalue weighted by Crippen LogP contribution is -1.76. The van der Waals surface area contributed by atoms with Crippen LogP contribution >= 0.6 is 0 Å². The maximum absolute atomic E-state index is 9.45. The van der Waals surface area contributed by atoms with E-state index in [1.54, 1.807) is 13.1 Å². The lowest BCUT2D eigenvalue weighted by molar-refractivity contribution is -0.106. The minimum absolute atomic E-state index is 0.302. The van der Waals surface area contributed by atoms with Gasteiger partial charge in [-0.25, -0.2) is 0 Å². The average Bonchev–Trinajstić information content (AvgIpc) is 1.61. The molecule has 0 aliphatic carbocycles. The highest BCUT2D eigenvalue weighted by molar-refractivity contribution is 5.59. The second-order valence-corrected chi connectivity index (χ2v) is 0.790. The van der Waals surface area contributed by atoms with Gasteiger partial charge in [-0.1, -0.05) is 0 Å². The van der Waals surface area contributed by atoms with Crippen LogP contribution in [-0.4, -0.2) is 19.0 Å². The lowest BCUT2D eigenvalue weighted by Gasteiger charge is -1.68. The zero-order valence-corrected chi connectivity index (χ0v) is 3.72. The molecule has 0 N–H and O–H groups in total. The Morgan fingerprint density at radius 2 is 2.50 bits per heavy atom. The quantitative estimate of drug-likeness (QED) is 0.349. The molecule has 0 rings (SSSR count). The zero-order chi connectivity index (χ0) is 4.83. The van der Waals surface area contributed by atoms with Crippen molar-refractivity contribution in [3.8, 4) is 0 Å². The Kier molecular flexibility index (Phi) is 3.86. The molecular formula is C4H7NO. The highest BCUT2D eigenvalue weighted by atomic mass is 16.1. The third-order valence-electron chi connectivity index (χ3n) is 0.363. The van der Waals surface area contributed by atoms with Gasteiger partial charge >= 0.3 is 0 Å². The molecule has 2 nitrogen and oxygen atoms in total. The first-order valence-corrected chi connectivity index (χ1v) is 1.80. The van der Waals surface area contributed by atoms with E-state index in [4.69, 9.17) is 0 Å². The number of rotatable bonds is 2. The summed E-state index contributed by atoms with van der Waals surface area (Å²) in [6.07, 6.45) is 2.37. The molecule has 0 spiro atoms. The standard InChI is InChI=1S/C4H7NO/c1-2-5-3-4-6/h2,4H,3H2,1H3. The van der Waals surface area contributed by atoms with Crippen LogP contribution in [0.5, 0.6) is 0 Å². The van der Waals surface area contributed by atoms with E-state index in [1.807, 2.05) is 0 Å². The molecule has 0 aliphatic rings. The van der Waals surface area contributed by atoms with Crippen LogP contribution in [0.1, 0.15) is 6.92 Å². The lowest BCUT2D eigenvalue weighted by atomic mass is 10.7. The van der Waals surface area contributed by atoms with Gasteiger partial charge in [-0.05, 0) is 13.1 Å². The maximum Gasteiger partial charge on any atom is 0.141 e. The van der Waals surface area contributed by atoms with Crippen molar-refractivity contribution in [2.45, 2.75) is 6.92 Å². The Bertz CT molecular complexity index is 58.6. The van der Waals surface area contributed by atoms with Crippen molar-refractivity contribution in [3.05, 3.63) is 0 Å². The van der Waals surface area contributed by atoms with E-state index in [9.17, 15) is 4.79 Å². The highest BCUT2D eigenvalue weighted by Gasteiger charge is 1.62. The normalized spacial score (nSPS) is 9.50. The Hall–Kier alpha value is -0.660. The number of carbonyl (C=O) groups is 1. The molecule has 0 fully saturated rings. The van der Waals surface area contributed by atoms with Gasteiger partial charge in [0.05, 0.1) is 6.54 Å². The van der Waals surface area contributed by atoms with E-state index in [2.05, 4.69) is 4.99 Å². The Labute approximate surface area is 36.9 Å². The predicted molar refractivity (Wildman–Crippen MR) is 25.1 cm³/mol. The first-order chi connectivity index (χ1) is 2.91. The van der Waals surface area contributed by atoms with Gasteiger partial charge in [-0.3, -0.25) is 4.99 Å². The van der Waals surface area contributed by atoms with Crippen molar-refractivity contribution in [1.82, 2.24) is 0 Å². The predicted octanol–water partition coefficient (Wildman–Crippen LogP) is 0.276. The summed E-state index contributed by atoms with van der Waals surface area (Å²) in [5.74, 6) is 0. The Morgan fingerprint density at radius 3 is 2.67 bits per heavy atom. The molecule has 0 saturated carbocycles. The monoisotopic (exact) mass is 85.1 g/mol. The van der Waals surface area contributed by atoms with E-state index in [0.717, 1.165) is 6.29 Å². The van der Waals surface area contributed by atoms with Gasteiger partial charge in [0.25, 0.3) is 0 Å². The second-order valence-electron chi connectivity index (χ2n) is 0.790. The summed E-state index contributed by atoms with van der Waals surface area (Å²) in [5.41, 5.74) is 0. The van der Waals surface area contributed by atoms with Crippen molar-refractivity contribution >= 4 is 12.5 Å². The smallest absolute Gasteiger partial charge is 0.141 e. The van der Waals surface area contributed by atoms with E-state index >= 15 is 0 Å². The molecule has 0 bridgehead atoms. The summed E-state index contributed by atoms with van der Waals surface area (Å²) in [6.45, 7) is 2.08. The van der Waals surface area contributed by atoms with Crippen LogP contribution in [0.15, 0.2) is 4.99 Å². The summed E-state index contributed by atoms with van der Waals surface area (Å²) in [5, 5.41) is 0. The highest BCUT2D eigenvalue weighted by Crippen LogP contribution is 1.55. The van der Waals surface area contributed by atoms with Crippen LogP contribution in [-0.2, 0) is 4.79 Å². The van der Waals surface area contributed by atoms with Crippen molar-refractivity contribution in [3.63, 3.8) is 0 Å². The molecule has 0 saturated heterocycles. The summed E-state index contributed by atoms with van der Waals surface area (Å²) < 4.78 is 0. The molecule has 0 atom stereocenters. The summed E-state index contributed by atoms with van der Waals surface area (Å²) >= 11 is 0. The molecular weight excluding hydrogens is 78.0 g/mol. The average molecular weight is 85.1 g/mol. The molecule has 2 heteroatoms. The van der Waals surface area contributed by atoms with Crippen molar-refractivity contribution in [2.24, 2.45) is 4.99 Å². The van der Waals surface area contributed by atoms with E-state index in [-0.39, 0.29) is 0 Å². The van der Waals surface area contributed by atoms with Gasteiger partial charge in [-0.15, -0.1) is 0 Å². The molecule has 0 aromatic heterocycles. The molecule has 0 aliphatic heterocycles. The van der Waals surface area contributed by atoms with Gasteiger partial charge in [0.2, 0.25) is 0 Å². The molecule has 0 radical (unpaired) electrons. The first kappa shape index (κ1) is 5.34. The largest absolute Gasteiger partial charge is 0.301 e. The molecule has 34 valence electrons. The number of hydrogen-bond donors (Lipinski definition) is 0. The fourth-order valence-electron chi connectivity index (χ4n) is 0.148. The Balaban J connectivity index is 2.85. The van der Waals surface area contributed by atoms with Crippen molar-refractivity contribution in [2.75, 3.05) is 6.54 Å². The number of aliphatic imine (C=N–C) groups is 1.